The molecule has 1 heterocycles. The SMILES string of the molecule is S=C(NCc1cccc2cccnc12)NC1CCCCC1. The van der Waals surface area contributed by atoms with Crippen molar-refractivity contribution in [3.63, 3.8) is 0 Å². The maximum Gasteiger partial charge on any atom is 0.166 e. The van der Waals surface area contributed by atoms with Crippen LogP contribution in [-0.4, -0.2) is 16.1 Å². The van der Waals surface area contributed by atoms with Crippen LogP contribution < -0.4 is 10.6 Å². The number of aromatic nitrogens is 1. The molecule has 0 amide bonds. The third-order valence-electron chi connectivity index (χ3n) is 4.10. The minimum Gasteiger partial charge on any atom is -0.360 e. The normalized spacial score (nSPS) is 15.8. The Morgan fingerprint density at radius 3 is 2.81 bits per heavy atom. The quantitative estimate of drug-likeness (QED) is 0.850. The molecular weight excluding hydrogens is 278 g/mol. The summed E-state index contributed by atoms with van der Waals surface area (Å²) in [6, 6.07) is 10.9. The molecule has 4 heteroatoms. The number of hydrogen-bond donors (Lipinski definition) is 2. The summed E-state index contributed by atoms with van der Waals surface area (Å²) in [6.45, 7) is 0.715. The summed E-state index contributed by atoms with van der Waals surface area (Å²) in [6.07, 6.45) is 8.29. The highest BCUT2D eigenvalue weighted by Crippen LogP contribution is 2.18. The average molecular weight is 299 g/mol. The standard InChI is InChI=1S/C17H21N3S/c21-17(20-15-9-2-1-3-10-15)19-12-14-7-4-6-13-8-5-11-18-16(13)14/h4-8,11,15H,1-3,9-10,12H2,(H2,19,20,21). The number of para-hydroxylation sites is 1. The van der Waals surface area contributed by atoms with Gasteiger partial charge in [-0.05, 0) is 36.7 Å². The topological polar surface area (TPSA) is 37.0 Å². The van der Waals surface area contributed by atoms with Crippen LogP contribution in [0.5, 0.6) is 0 Å². The van der Waals surface area contributed by atoms with E-state index in [1.54, 1.807) is 0 Å². The third-order valence-corrected chi connectivity index (χ3v) is 4.36. The fourth-order valence-corrected chi connectivity index (χ4v) is 3.21. The maximum atomic E-state index is 5.41. The van der Waals surface area contributed by atoms with Gasteiger partial charge in [-0.3, -0.25) is 4.98 Å². The minimum absolute atomic E-state index is 0.546. The highest BCUT2D eigenvalue weighted by atomic mass is 32.1. The fraction of sp³-hybridized carbons (Fsp3) is 0.412. The average Bonchev–Trinajstić information content (AvgIpc) is 2.54. The van der Waals surface area contributed by atoms with Crippen LogP contribution in [0.2, 0.25) is 0 Å². The molecular formula is C17H21N3S. The molecule has 1 aliphatic rings. The first-order valence-electron chi connectivity index (χ1n) is 7.70. The van der Waals surface area contributed by atoms with Crippen molar-refractivity contribution in [1.29, 1.82) is 0 Å². The van der Waals surface area contributed by atoms with Gasteiger partial charge in [-0.1, -0.05) is 43.5 Å². The number of thiocarbonyl (C=S) groups is 1. The number of nitrogens with zero attached hydrogens (tertiary/aromatic N) is 1. The van der Waals surface area contributed by atoms with Crippen molar-refractivity contribution < 1.29 is 0 Å². The molecule has 1 saturated carbocycles. The number of fused-ring (bicyclic) bond motifs is 1. The molecule has 0 saturated heterocycles. The van der Waals surface area contributed by atoms with E-state index in [4.69, 9.17) is 12.2 Å². The fourth-order valence-electron chi connectivity index (χ4n) is 2.97. The monoisotopic (exact) mass is 299 g/mol. The van der Waals surface area contributed by atoms with Crippen molar-refractivity contribution in [1.82, 2.24) is 15.6 Å². The molecule has 0 unspecified atom stereocenters. The maximum absolute atomic E-state index is 5.41. The number of rotatable bonds is 3. The molecule has 1 aromatic carbocycles. The van der Waals surface area contributed by atoms with Crippen LogP contribution in [0.25, 0.3) is 10.9 Å². The van der Waals surface area contributed by atoms with Gasteiger partial charge in [0.15, 0.2) is 5.11 Å². The lowest BCUT2D eigenvalue weighted by atomic mass is 9.96. The lowest BCUT2D eigenvalue weighted by Crippen LogP contribution is -2.42. The third kappa shape index (κ3) is 3.70. The molecule has 2 N–H and O–H groups in total. The highest BCUT2D eigenvalue weighted by molar-refractivity contribution is 7.80. The molecule has 0 bridgehead atoms. The second-order valence-electron chi connectivity index (χ2n) is 5.65. The first-order valence-corrected chi connectivity index (χ1v) is 8.11. The summed E-state index contributed by atoms with van der Waals surface area (Å²) >= 11 is 5.41. The zero-order chi connectivity index (χ0) is 14.5. The van der Waals surface area contributed by atoms with E-state index >= 15 is 0 Å². The van der Waals surface area contributed by atoms with E-state index in [1.165, 1.54) is 43.1 Å². The van der Waals surface area contributed by atoms with Gasteiger partial charge in [0.05, 0.1) is 5.52 Å². The van der Waals surface area contributed by atoms with Crippen LogP contribution in [0, 0.1) is 0 Å². The molecule has 110 valence electrons. The Morgan fingerprint density at radius 1 is 1.14 bits per heavy atom. The van der Waals surface area contributed by atoms with Crippen LogP contribution in [0.4, 0.5) is 0 Å². The van der Waals surface area contributed by atoms with E-state index in [2.05, 4.69) is 39.9 Å². The Balaban J connectivity index is 1.59. The van der Waals surface area contributed by atoms with Crippen molar-refractivity contribution in [2.75, 3.05) is 0 Å². The van der Waals surface area contributed by atoms with Gasteiger partial charge in [-0.15, -0.1) is 0 Å². The van der Waals surface area contributed by atoms with Gasteiger partial charge in [-0.2, -0.15) is 0 Å². The number of nitrogens with one attached hydrogen (secondary N) is 2. The van der Waals surface area contributed by atoms with Crippen molar-refractivity contribution in [2.45, 2.75) is 44.7 Å². The summed E-state index contributed by atoms with van der Waals surface area (Å²) < 4.78 is 0. The zero-order valence-electron chi connectivity index (χ0n) is 12.1. The molecule has 0 atom stereocenters. The van der Waals surface area contributed by atoms with Crippen molar-refractivity contribution >= 4 is 28.2 Å². The Morgan fingerprint density at radius 2 is 1.95 bits per heavy atom. The zero-order valence-corrected chi connectivity index (χ0v) is 13.0. The largest absolute Gasteiger partial charge is 0.360 e. The number of benzene rings is 1. The molecule has 3 nitrogen and oxygen atoms in total. The van der Waals surface area contributed by atoms with Crippen LogP contribution in [0.1, 0.15) is 37.7 Å². The Hall–Kier alpha value is -1.68. The molecule has 2 aromatic rings. The first kappa shape index (κ1) is 14.3. The second kappa shape index (κ2) is 6.85. The van der Waals surface area contributed by atoms with Gasteiger partial charge >= 0.3 is 0 Å². The second-order valence-corrected chi connectivity index (χ2v) is 6.06. The molecule has 0 radical (unpaired) electrons. The van der Waals surface area contributed by atoms with Gasteiger partial charge in [0, 0.05) is 24.2 Å². The Kier molecular flexibility index (Phi) is 4.65. The van der Waals surface area contributed by atoms with E-state index in [-0.39, 0.29) is 0 Å². The van der Waals surface area contributed by atoms with Crippen molar-refractivity contribution in [3.8, 4) is 0 Å². The van der Waals surface area contributed by atoms with Crippen molar-refractivity contribution in [3.05, 3.63) is 42.1 Å². The predicted molar refractivity (Wildman–Crippen MR) is 91.2 cm³/mol. The lowest BCUT2D eigenvalue weighted by Gasteiger charge is -2.24. The van der Waals surface area contributed by atoms with Crippen LogP contribution in [0.3, 0.4) is 0 Å². The Labute approximate surface area is 131 Å². The van der Waals surface area contributed by atoms with E-state index in [9.17, 15) is 0 Å². The highest BCUT2D eigenvalue weighted by Gasteiger charge is 2.13. The molecule has 21 heavy (non-hydrogen) atoms. The molecule has 0 aliphatic heterocycles. The predicted octanol–water partition coefficient (Wildman–Crippen LogP) is 3.53. The van der Waals surface area contributed by atoms with E-state index < -0.39 is 0 Å². The van der Waals surface area contributed by atoms with E-state index in [1.807, 2.05) is 12.3 Å². The molecule has 1 fully saturated rings. The summed E-state index contributed by atoms with van der Waals surface area (Å²) in [5, 5.41) is 8.68. The van der Waals surface area contributed by atoms with Gasteiger partial charge in [0.2, 0.25) is 0 Å². The smallest absolute Gasteiger partial charge is 0.166 e. The number of pyridine rings is 1. The lowest BCUT2D eigenvalue weighted by molar-refractivity contribution is 0.412. The van der Waals surface area contributed by atoms with Crippen molar-refractivity contribution in [2.24, 2.45) is 0 Å². The van der Waals surface area contributed by atoms with Crippen LogP contribution >= 0.6 is 12.2 Å². The molecule has 0 spiro atoms. The van der Waals surface area contributed by atoms with Crippen LogP contribution in [0.15, 0.2) is 36.5 Å². The van der Waals surface area contributed by atoms with Gasteiger partial charge in [-0.25, -0.2) is 0 Å². The van der Waals surface area contributed by atoms with Gasteiger partial charge in [0.25, 0.3) is 0 Å². The minimum atomic E-state index is 0.546. The van der Waals surface area contributed by atoms with Crippen LogP contribution in [-0.2, 0) is 6.54 Å². The molecule has 1 aliphatic carbocycles. The van der Waals surface area contributed by atoms with Gasteiger partial charge in [0.1, 0.15) is 0 Å². The summed E-state index contributed by atoms with van der Waals surface area (Å²) in [5.41, 5.74) is 2.23. The Bertz CT molecular complexity index is 615. The van der Waals surface area contributed by atoms with E-state index in [0.29, 0.717) is 12.6 Å². The van der Waals surface area contributed by atoms with Gasteiger partial charge < -0.3 is 10.6 Å². The summed E-state index contributed by atoms with van der Waals surface area (Å²) in [7, 11) is 0. The summed E-state index contributed by atoms with van der Waals surface area (Å²) in [4.78, 5) is 4.47. The summed E-state index contributed by atoms with van der Waals surface area (Å²) in [5.74, 6) is 0. The molecule has 1 aromatic heterocycles. The number of hydrogen-bond acceptors (Lipinski definition) is 2. The first-order chi connectivity index (χ1) is 10.3. The molecule has 3 rings (SSSR count). The van der Waals surface area contributed by atoms with E-state index in [0.717, 1.165) is 10.6 Å².